The van der Waals surface area contributed by atoms with E-state index < -0.39 is 6.09 Å². The van der Waals surface area contributed by atoms with Crippen molar-refractivity contribution in [3.63, 3.8) is 0 Å². The normalized spacial score (nSPS) is 16.1. The van der Waals surface area contributed by atoms with Crippen LogP contribution < -0.4 is 5.32 Å². The van der Waals surface area contributed by atoms with E-state index in [1.54, 1.807) is 0 Å². The molecule has 1 atom stereocenters. The first-order valence-electron chi connectivity index (χ1n) is 13.1. The van der Waals surface area contributed by atoms with Gasteiger partial charge >= 0.3 is 6.09 Å². The Morgan fingerprint density at radius 1 is 1.08 bits per heavy atom. The summed E-state index contributed by atoms with van der Waals surface area (Å²) in [5.41, 5.74) is 7.41. The molecule has 0 aliphatic heterocycles. The van der Waals surface area contributed by atoms with E-state index in [1.807, 2.05) is 50.4 Å². The molecule has 4 aromatic rings. The molecule has 2 aromatic carbocycles. The number of rotatable bonds is 6. The van der Waals surface area contributed by atoms with Crippen LogP contribution in [0.4, 0.5) is 10.5 Å². The van der Waals surface area contributed by atoms with Gasteiger partial charge in [0.25, 0.3) is 0 Å². The highest BCUT2D eigenvalue weighted by Gasteiger charge is 2.31. The summed E-state index contributed by atoms with van der Waals surface area (Å²) in [5, 5.41) is 14.0. The molecule has 6 nitrogen and oxygen atoms in total. The fourth-order valence-electron chi connectivity index (χ4n) is 5.22. The lowest BCUT2D eigenvalue weighted by Gasteiger charge is -2.30. The quantitative estimate of drug-likeness (QED) is 0.301. The summed E-state index contributed by atoms with van der Waals surface area (Å²) in [5.74, 6) is 0.494. The van der Waals surface area contributed by atoms with Crippen molar-refractivity contribution in [2.24, 2.45) is 5.92 Å². The van der Waals surface area contributed by atoms with Crippen molar-refractivity contribution in [2.75, 3.05) is 5.32 Å². The Morgan fingerprint density at radius 2 is 1.84 bits per heavy atom. The maximum atomic E-state index is 12.3. The highest BCUT2D eigenvalue weighted by molar-refractivity contribution is 5.97. The number of nitriles is 1. The minimum Gasteiger partial charge on any atom is -0.446 e. The molecule has 2 fully saturated rings. The van der Waals surface area contributed by atoms with Crippen molar-refractivity contribution in [1.82, 2.24) is 9.55 Å². The van der Waals surface area contributed by atoms with Crippen LogP contribution in [0.5, 0.6) is 0 Å². The van der Waals surface area contributed by atoms with Crippen molar-refractivity contribution >= 4 is 22.7 Å². The highest BCUT2D eigenvalue weighted by atomic mass is 16.6. The maximum absolute atomic E-state index is 12.3. The SMILES string of the molecule is Cc1ccc(-c2ccc3c(C#N)c(-c4ccc(NC(=O)O[C@H](C)C5CC5)cc4)n(C4CCC4)c3c2)nc1. The Morgan fingerprint density at radius 3 is 2.46 bits per heavy atom. The number of anilines is 1. The van der Waals surface area contributed by atoms with Gasteiger partial charge in [-0.05, 0) is 87.3 Å². The minimum atomic E-state index is -0.425. The summed E-state index contributed by atoms with van der Waals surface area (Å²) in [4.78, 5) is 16.9. The third-order valence-electron chi connectivity index (χ3n) is 7.75. The van der Waals surface area contributed by atoms with Crippen LogP contribution in [0.15, 0.2) is 60.8 Å². The largest absolute Gasteiger partial charge is 0.446 e. The number of nitrogens with zero attached hydrogens (tertiary/aromatic N) is 3. The summed E-state index contributed by atoms with van der Waals surface area (Å²) in [6, 6.07) is 20.9. The molecule has 2 aliphatic carbocycles. The number of carbonyl (C=O) groups excluding carboxylic acids is 1. The first-order chi connectivity index (χ1) is 18.0. The van der Waals surface area contributed by atoms with E-state index in [9.17, 15) is 10.1 Å². The Kier molecular flexibility index (Phi) is 5.92. The number of hydrogen-bond acceptors (Lipinski definition) is 4. The van der Waals surface area contributed by atoms with Gasteiger partial charge < -0.3 is 9.30 Å². The molecule has 0 bridgehead atoms. The van der Waals surface area contributed by atoms with Gasteiger partial charge in [-0.3, -0.25) is 10.3 Å². The van der Waals surface area contributed by atoms with Gasteiger partial charge in [0.15, 0.2) is 0 Å². The molecule has 2 aromatic heterocycles. The molecule has 2 saturated carbocycles. The molecule has 0 spiro atoms. The van der Waals surface area contributed by atoms with E-state index in [0.29, 0.717) is 23.2 Å². The van der Waals surface area contributed by atoms with E-state index in [1.165, 1.54) is 6.42 Å². The zero-order valence-corrected chi connectivity index (χ0v) is 21.2. The van der Waals surface area contributed by atoms with Gasteiger partial charge in [0.1, 0.15) is 12.2 Å². The average Bonchev–Trinajstić information content (AvgIpc) is 3.67. The number of pyridine rings is 1. The Balaban J connectivity index is 1.37. The molecule has 0 radical (unpaired) electrons. The highest BCUT2D eigenvalue weighted by Crippen LogP contribution is 2.43. The second kappa shape index (κ2) is 9.40. The van der Waals surface area contributed by atoms with Crippen LogP contribution in [0.25, 0.3) is 33.4 Å². The van der Waals surface area contributed by atoms with E-state index in [2.05, 4.69) is 45.2 Å². The van der Waals surface area contributed by atoms with Gasteiger partial charge in [0.2, 0.25) is 0 Å². The number of amides is 1. The third-order valence-corrected chi connectivity index (χ3v) is 7.75. The molecule has 37 heavy (non-hydrogen) atoms. The van der Waals surface area contributed by atoms with Crippen molar-refractivity contribution in [1.29, 1.82) is 5.26 Å². The second-order valence-electron chi connectivity index (χ2n) is 10.4. The summed E-state index contributed by atoms with van der Waals surface area (Å²) < 4.78 is 7.84. The molecule has 1 N–H and O–H groups in total. The second-order valence-corrected chi connectivity index (χ2v) is 10.4. The predicted octanol–water partition coefficient (Wildman–Crippen LogP) is 7.62. The summed E-state index contributed by atoms with van der Waals surface area (Å²) >= 11 is 0. The molecule has 0 saturated heterocycles. The van der Waals surface area contributed by atoms with Crippen molar-refractivity contribution in [3.8, 4) is 28.6 Å². The van der Waals surface area contributed by atoms with Gasteiger partial charge in [0, 0.05) is 28.9 Å². The smallest absolute Gasteiger partial charge is 0.411 e. The molecule has 0 unspecified atom stereocenters. The lowest BCUT2D eigenvalue weighted by Crippen LogP contribution is -2.21. The molecular formula is C31H30N4O2. The molecule has 1 amide bonds. The van der Waals surface area contributed by atoms with Crippen LogP contribution >= 0.6 is 0 Å². The zero-order valence-electron chi connectivity index (χ0n) is 21.2. The molecule has 2 aliphatic rings. The summed E-state index contributed by atoms with van der Waals surface area (Å²) in [6.45, 7) is 3.98. The average molecular weight is 491 g/mol. The molecule has 6 heteroatoms. The Labute approximate surface area is 216 Å². The number of aromatic nitrogens is 2. The van der Waals surface area contributed by atoms with Crippen LogP contribution in [0.1, 0.15) is 56.2 Å². The third kappa shape index (κ3) is 4.46. The van der Waals surface area contributed by atoms with Crippen LogP contribution in [-0.2, 0) is 4.74 Å². The number of ether oxygens (including phenoxy) is 1. The van der Waals surface area contributed by atoms with E-state index in [4.69, 9.17) is 4.74 Å². The minimum absolute atomic E-state index is 0.0596. The van der Waals surface area contributed by atoms with Crippen LogP contribution in [-0.4, -0.2) is 21.7 Å². The lowest BCUT2D eigenvalue weighted by atomic mass is 9.92. The fraction of sp³-hybridized carbons (Fsp3) is 0.323. The van der Waals surface area contributed by atoms with Gasteiger partial charge in [0.05, 0.1) is 22.5 Å². The number of nitrogens with one attached hydrogen (secondary N) is 1. The lowest BCUT2D eigenvalue weighted by molar-refractivity contribution is 0.108. The fourth-order valence-corrected chi connectivity index (χ4v) is 5.22. The Hall–Kier alpha value is -4.11. The first-order valence-corrected chi connectivity index (χ1v) is 13.1. The predicted molar refractivity (Wildman–Crippen MR) is 145 cm³/mol. The molecular weight excluding hydrogens is 460 g/mol. The topological polar surface area (TPSA) is 79.9 Å². The van der Waals surface area contributed by atoms with Gasteiger partial charge in [-0.15, -0.1) is 0 Å². The monoisotopic (exact) mass is 490 g/mol. The number of hydrogen-bond donors (Lipinski definition) is 1. The summed E-state index contributed by atoms with van der Waals surface area (Å²) in [7, 11) is 0. The standard InChI is InChI=1S/C31H30N4O2/c1-19-6-15-28(33-18-19)23-11-14-26-27(17-32)30(35(29(26)16-23)25-4-3-5-25)22-9-12-24(13-10-22)34-31(36)37-20(2)21-7-8-21/h6,9-16,18,20-21,25H,3-5,7-8H2,1-2H3,(H,34,36)/t20-/m1/s1. The molecule has 2 heterocycles. The van der Waals surface area contributed by atoms with Gasteiger partial charge in [-0.25, -0.2) is 4.79 Å². The Bertz CT molecular complexity index is 1500. The molecule has 186 valence electrons. The molecule has 6 rings (SSSR count). The first kappa shape index (κ1) is 23.3. The van der Waals surface area contributed by atoms with Crippen LogP contribution in [0.3, 0.4) is 0 Å². The number of carbonyl (C=O) groups is 1. The van der Waals surface area contributed by atoms with Crippen molar-refractivity contribution in [3.05, 3.63) is 71.9 Å². The zero-order chi connectivity index (χ0) is 25.5. The maximum Gasteiger partial charge on any atom is 0.411 e. The summed E-state index contributed by atoms with van der Waals surface area (Å²) in [6.07, 6.45) is 7.04. The van der Waals surface area contributed by atoms with E-state index >= 15 is 0 Å². The van der Waals surface area contributed by atoms with Crippen molar-refractivity contribution in [2.45, 2.75) is 58.1 Å². The van der Waals surface area contributed by atoms with Crippen molar-refractivity contribution < 1.29 is 9.53 Å². The van der Waals surface area contributed by atoms with E-state index in [0.717, 1.165) is 64.7 Å². The number of benzene rings is 2. The van der Waals surface area contributed by atoms with Gasteiger partial charge in [-0.1, -0.05) is 30.3 Å². The van der Waals surface area contributed by atoms with Gasteiger partial charge in [-0.2, -0.15) is 5.26 Å². The van der Waals surface area contributed by atoms with Crippen LogP contribution in [0, 0.1) is 24.2 Å². The van der Waals surface area contributed by atoms with Crippen LogP contribution in [0.2, 0.25) is 0 Å². The van der Waals surface area contributed by atoms with E-state index in [-0.39, 0.29) is 6.10 Å². The number of aryl methyl sites for hydroxylation is 1. The number of fused-ring (bicyclic) bond motifs is 1.